The summed E-state index contributed by atoms with van der Waals surface area (Å²) in [6.07, 6.45) is -4.04. The van der Waals surface area contributed by atoms with E-state index < -0.39 is 59.1 Å². The number of benzene rings is 2. The highest BCUT2D eigenvalue weighted by Crippen LogP contribution is 2.37. The Labute approximate surface area is 232 Å². The van der Waals surface area contributed by atoms with E-state index in [0.29, 0.717) is 25.9 Å². The van der Waals surface area contributed by atoms with Gasteiger partial charge in [0, 0.05) is 55.9 Å². The lowest BCUT2D eigenvalue weighted by Gasteiger charge is -2.36. The second-order valence-electron chi connectivity index (χ2n) is 9.60. The normalized spacial score (nSPS) is 21.3. The summed E-state index contributed by atoms with van der Waals surface area (Å²) >= 11 is 0. The van der Waals surface area contributed by atoms with Crippen LogP contribution in [-0.2, 0) is 14.3 Å². The molecule has 0 aliphatic carbocycles. The lowest BCUT2D eigenvalue weighted by atomic mass is 9.92. The van der Waals surface area contributed by atoms with Crippen LogP contribution in [0.5, 0.6) is 11.5 Å². The molecule has 0 saturated carbocycles. The van der Waals surface area contributed by atoms with Crippen molar-refractivity contribution < 1.29 is 50.5 Å². The lowest BCUT2D eigenvalue weighted by molar-refractivity contribution is -0.274. The fourth-order valence-corrected chi connectivity index (χ4v) is 5.16. The third-order valence-corrected chi connectivity index (χ3v) is 7.08. The molecule has 0 bridgehead atoms. The number of ether oxygens (including phenoxy) is 3. The van der Waals surface area contributed by atoms with E-state index in [-0.39, 0.29) is 30.4 Å². The highest BCUT2D eigenvalue weighted by atomic mass is 19.4. The molecular formula is C27H28F5N3O6. The van der Waals surface area contributed by atoms with Gasteiger partial charge in [-0.15, -0.1) is 13.2 Å². The number of carbonyl (C=O) groups excluding carboxylic acids is 3. The highest BCUT2D eigenvalue weighted by Gasteiger charge is 2.49. The van der Waals surface area contributed by atoms with Crippen LogP contribution in [-0.4, -0.2) is 86.4 Å². The largest absolute Gasteiger partial charge is 0.573 e. The van der Waals surface area contributed by atoms with Gasteiger partial charge in [0.15, 0.2) is 0 Å². The van der Waals surface area contributed by atoms with Crippen LogP contribution in [0.25, 0.3) is 0 Å². The molecule has 0 radical (unpaired) electrons. The molecule has 2 unspecified atom stereocenters. The Hall–Kier alpha value is -3.94. The molecule has 2 fully saturated rings. The quantitative estimate of drug-likeness (QED) is 0.454. The van der Waals surface area contributed by atoms with Crippen LogP contribution in [0.15, 0.2) is 36.4 Å². The fraction of sp³-hybridized carbons (Fsp3) is 0.444. The first-order chi connectivity index (χ1) is 19.4. The maximum atomic E-state index is 15.2. The average molecular weight is 586 g/mol. The lowest BCUT2D eigenvalue weighted by Crippen LogP contribution is -2.54. The smallest absolute Gasteiger partial charge is 0.497 e. The molecule has 2 aliphatic heterocycles. The summed E-state index contributed by atoms with van der Waals surface area (Å²) in [5, 5.41) is 2.47. The number of halogens is 5. The van der Waals surface area contributed by atoms with E-state index >= 15 is 8.78 Å². The zero-order chi connectivity index (χ0) is 29.9. The molecule has 2 aromatic rings. The first-order valence-electron chi connectivity index (χ1n) is 12.7. The third-order valence-electron chi connectivity index (χ3n) is 7.08. The first kappa shape index (κ1) is 30.0. The Balaban J connectivity index is 1.64. The van der Waals surface area contributed by atoms with Gasteiger partial charge in [0.25, 0.3) is 5.91 Å². The molecular weight excluding hydrogens is 557 g/mol. The zero-order valence-corrected chi connectivity index (χ0v) is 22.2. The van der Waals surface area contributed by atoms with E-state index in [1.165, 1.54) is 19.1 Å². The maximum absolute atomic E-state index is 15.2. The van der Waals surface area contributed by atoms with E-state index in [4.69, 9.17) is 9.47 Å². The van der Waals surface area contributed by atoms with E-state index in [0.717, 1.165) is 36.4 Å². The van der Waals surface area contributed by atoms with E-state index in [1.54, 1.807) is 4.90 Å². The van der Waals surface area contributed by atoms with Crippen molar-refractivity contribution in [2.45, 2.75) is 37.2 Å². The first-order valence-corrected chi connectivity index (χ1v) is 12.7. The number of nitrogens with one attached hydrogen (secondary N) is 1. The number of carbonyl (C=O) groups is 3. The average Bonchev–Trinajstić information content (AvgIpc) is 3.22. The molecule has 2 aliphatic rings. The molecule has 2 saturated heterocycles. The standard InChI is InChI=1S/C27H28F5N3O6/c1-39-11-10-34-9-3-4-21(25(34)37)35-14-18(22-19(28)12-17(40-2)13-20(22)29)23(26(35)38)33-24(36)15-5-7-16(8-6-15)41-27(30,31)32/h5-8,12-13,18,21,23H,3-4,9-11,14H2,1-2H3,(H,33,36)/t18-,21?,23?/m0/s1. The minimum absolute atomic E-state index is 0.0945. The summed E-state index contributed by atoms with van der Waals surface area (Å²) in [5.74, 6) is -5.84. The van der Waals surface area contributed by atoms with Gasteiger partial charge in [-0.2, -0.15) is 0 Å². The van der Waals surface area contributed by atoms with Gasteiger partial charge in [0.1, 0.15) is 35.2 Å². The van der Waals surface area contributed by atoms with Crippen molar-refractivity contribution in [2.24, 2.45) is 0 Å². The minimum Gasteiger partial charge on any atom is -0.497 e. The summed E-state index contributed by atoms with van der Waals surface area (Å²) in [5.41, 5.74) is -0.597. The van der Waals surface area contributed by atoms with Crippen molar-refractivity contribution in [3.8, 4) is 11.5 Å². The molecule has 14 heteroatoms. The van der Waals surface area contributed by atoms with Gasteiger partial charge in [-0.1, -0.05) is 0 Å². The van der Waals surface area contributed by atoms with Gasteiger partial charge >= 0.3 is 6.36 Å². The number of hydrogen-bond donors (Lipinski definition) is 1. The SMILES string of the molecule is COCCN1CCCC(N2C[C@@H](c3c(F)cc(OC)cc3F)C(NC(=O)c3ccc(OC(F)(F)F)cc3)C2=O)C1=O. The van der Waals surface area contributed by atoms with Gasteiger partial charge in [0.05, 0.1) is 13.7 Å². The molecule has 3 atom stereocenters. The molecule has 9 nitrogen and oxygen atoms in total. The summed E-state index contributed by atoms with van der Waals surface area (Å²) in [6.45, 7) is 0.771. The van der Waals surface area contributed by atoms with Crippen molar-refractivity contribution in [3.63, 3.8) is 0 Å². The monoisotopic (exact) mass is 585 g/mol. The molecule has 2 aromatic carbocycles. The van der Waals surface area contributed by atoms with Gasteiger partial charge in [0.2, 0.25) is 11.8 Å². The summed E-state index contributed by atoms with van der Waals surface area (Å²) in [6, 6.07) is 3.44. The number of likely N-dealkylation sites (tertiary alicyclic amines) is 2. The van der Waals surface area contributed by atoms with Crippen molar-refractivity contribution in [2.75, 3.05) is 40.5 Å². The number of rotatable bonds is 9. The van der Waals surface area contributed by atoms with Gasteiger partial charge < -0.3 is 29.3 Å². The predicted octanol–water partition coefficient (Wildman–Crippen LogP) is 3.23. The Bertz CT molecular complexity index is 1270. The van der Waals surface area contributed by atoms with Gasteiger partial charge in [-0.25, -0.2) is 8.78 Å². The Morgan fingerprint density at radius 2 is 1.68 bits per heavy atom. The summed E-state index contributed by atoms with van der Waals surface area (Å²) in [7, 11) is 2.72. The predicted molar refractivity (Wildman–Crippen MR) is 133 cm³/mol. The maximum Gasteiger partial charge on any atom is 0.573 e. The van der Waals surface area contributed by atoms with Crippen molar-refractivity contribution in [3.05, 3.63) is 59.2 Å². The Morgan fingerprint density at radius 1 is 1.02 bits per heavy atom. The Morgan fingerprint density at radius 3 is 2.27 bits per heavy atom. The highest BCUT2D eigenvalue weighted by molar-refractivity contribution is 6.00. The van der Waals surface area contributed by atoms with Crippen molar-refractivity contribution in [1.29, 1.82) is 0 Å². The molecule has 0 spiro atoms. The Kier molecular flexibility index (Phi) is 9.00. The van der Waals surface area contributed by atoms with E-state index in [9.17, 15) is 27.6 Å². The number of piperidine rings is 1. The fourth-order valence-electron chi connectivity index (χ4n) is 5.16. The molecule has 222 valence electrons. The molecule has 3 amide bonds. The molecule has 2 heterocycles. The number of alkyl halides is 3. The van der Waals surface area contributed by atoms with Crippen LogP contribution < -0.4 is 14.8 Å². The van der Waals surface area contributed by atoms with Crippen molar-refractivity contribution in [1.82, 2.24) is 15.1 Å². The van der Waals surface area contributed by atoms with Crippen LogP contribution in [0.4, 0.5) is 22.0 Å². The van der Waals surface area contributed by atoms with Gasteiger partial charge in [-0.05, 0) is 37.1 Å². The number of methoxy groups -OCH3 is 2. The number of amides is 3. The van der Waals surface area contributed by atoms with Crippen molar-refractivity contribution >= 4 is 17.7 Å². The van der Waals surface area contributed by atoms with E-state index in [1.807, 2.05) is 0 Å². The van der Waals surface area contributed by atoms with Crippen LogP contribution in [0.3, 0.4) is 0 Å². The topological polar surface area (TPSA) is 97.4 Å². The van der Waals surface area contributed by atoms with E-state index in [2.05, 4.69) is 10.1 Å². The molecule has 0 aromatic heterocycles. The second kappa shape index (κ2) is 12.3. The third kappa shape index (κ3) is 6.69. The van der Waals surface area contributed by atoms with Crippen LogP contribution in [0.1, 0.15) is 34.7 Å². The van der Waals surface area contributed by atoms with Gasteiger partial charge in [-0.3, -0.25) is 14.4 Å². The molecule has 41 heavy (non-hydrogen) atoms. The second-order valence-corrected chi connectivity index (χ2v) is 9.60. The minimum atomic E-state index is -4.93. The van der Waals surface area contributed by atoms with Crippen LogP contribution in [0.2, 0.25) is 0 Å². The number of hydrogen-bond acceptors (Lipinski definition) is 6. The zero-order valence-electron chi connectivity index (χ0n) is 22.2. The number of nitrogens with zero attached hydrogens (tertiary/aromatic N) is 2. The summed E-state index contributed by atoms with van der Waals surface area (Å²) < 4.78 is 81.6. The summed E-state index contributed by atoms with van der Waals surface area (Å²) in [4.78, 5) is 42.8. The molecule has 4 rings (SSSR count). The van der Waals surface area contributed by atoms with Crippen LogP contribution in [0, 0.1) is 11.6 Å². The molecule has 1 N–H and O–H groups in total. The van der Waals surface area contributed by atoms with Crippen LogP contribution >= 0.6 is 0 Å².